The van der Waals surface area contributed by atoms with Crippen molar-refractivity contribution in [3.05, 3.63) is 64.2 Å². The lowest BCUT2D eigenvalue weighted by atomic mass is 9.96. The van der Waals surface area contributed by atoms with Gasteiger partial charge in [0.05, 0.1) is 0 Å². The number of halogens is 1. The highest BCUT2D eigenvalue weighted by Gasteiger charge is 2.20. The molecule has 2 aromatic carbocycles. The third-order valence-corrected chi connectivity index (χ3v) is 5.64. The van der Waals surface area contributed by atoms with Gasteiger partial charge in [0, 0.05) is 23.8 Å². The number of carbonyl (C=O) groups excluding carboxylic acids is 1. The van der Waals surface area contributed by atoms with Crippen LogP contribution in [-0.4, -0.2) is 30.6 Å². The summed E-state index contributed by atoms with van der Waals surface area (Å²) in [6.07, 6.45) is 2.20. The van der Waals surface area contributed by atoms with Crippen LogP contribution in [0.15, 0.2) is 42.5 Å². The lowest BCUT2D eigenvalue weighted by molar-refractivity contribution is 0.176. The zero-order chi connectivity index (χ0) is 19.2. The van der Waals surface area contributed by atoms with Gasteiger partial charge >= 0.3 is 6.03 Å². The molecular weight excluding hydrogens is 358 g/mol. The molecule has 0 atom stereocenters. The zero-order valence-corrected chi connectivity index (χ0v) is 16.9. The van der Waals surface area contributed by atoms with Gasteiger partial charge in [-0.1, -0.05) is 35.9 Å². The molecule has 0 aromatic heterocycles. The molecule has 3 rings (SSSR count). The van der Waals surface area contributed by atoms with Crippen LogP contribution >= 0.6 is 11.6 Å². The highest BCUT2D eigenvalue weighted by molar-refractivity contribution is 6.30. The first-order chi connectivity index (χ1) is 13.0. The Hall–Kier alpha value is -2.04. The maximum absolute atomic E-state index is 12.2. The van der Waals surface area contributed by atoms with Crippen LogP contribution in [0, 0.1) is 19.8 Å². The highest BCUT2D eigenvalue weighted by atomic mass is 35.5. The van der Waals surface area contributed by atoms with Crippen LogP contribution in [0.4, 0.5) is 10.5 Å². The molecule has 0 saturated carbocycles. The Morgan fingerprint density at radius 1 is 1.15 bits per heavy atom. The van der Waals surface area contributed by atoms with E-state index in [-0.39, 0.29) is 6.03 Å². The van der Waals surface area contributed by atoms with Gasteiger partial charge in [0.25, 0.3) is 0 Å². The molecule has 1 saturated heterocycles. The van der Waals surface area contributed by atoms with Crippen molar-refractivity contribution in [1.29, 1.82) is 0 Å². The Balaban J connectivity index is 1.40. The van der Waals surface area contributed by atoms with Gasteiger partial charge in [-0.25, -0.2) is 4.79 Å². The summed E-state index contributed by atoms with van der Waals surface area (Å²) in [6, 6.07) is 13.9. The molecule has 0 spiro atoms. The topological polar surface area (TPSA) is 44.4 Å². The quantitative estimate of drug-likeness (QED) is 0.761. The molecule has 0 aliphatic carbocycles. The summed E-state index contributed by atoms with van der Waals surface area (Å²) in [5, 5.41) is 6.79. The first-order valence-corrected chi connectivity index (χ1v) is 9.97. The van der Waals surface area contributed by atoms with Crippen LogP contribution in [0.2, 0.25) is 5.02 Å². The Labute approximate surface area is 166 Å². The molecule has 2 N–H and O–H groups in total. The molecule has 1 aliphatic heterocycles. The van der Waals surface area contributed by atoms with Crippen LogP contribution in [0.1, 0.15) is 29.5 Å². The number of anilines is 1. The molecule has 1 fully saturated rings. The SMILES string of the molecule is Cc1cccc(NC(=O)NCC2CCN(Cc3cccc(Cl)c3)CC2)c1C. The molecule has 144 valence electrons. The fraction of sp³-hybridized carbons (Fsp3) is 0.409. The molecule has 27 heavy (non-hydrogen) atoms. The van der Waals surface area contributed by atoms with Crippen molar-refractivity contribution in [2.45, 2.75) is 33.2 Å². The minimum absolute atomic E-state index is 0.120. The number of nitrogens with zero attached hydrogens (tertiary/aromatic N) is 1. The number of rotatable bonds is 5. The standard InChI is InChI=1S/C22H28ClN3O/c1-16-5-3-8-21(17(16)2)25-22(27)24-14-18-9-11-26(12-10-18)15-19-6-4-7-20(23)13-19/h3-8,13,18H,9-12,14-15H2,1-2H3,(H2,24,25,27). The van der Waals surface area contributed by atoms with E-state index in [1.165, 1.54) is 11.1 Å². The molecular formula is C22H28ClN3O. The molecule has 1 aliphatic rings. The molecule has 2 amide bonds. The number of carbonyl (C=O) groups is 1. The second-order valence-corrected chi connectivity index (χ2v) is 7.87. The summed E-state index contributed by atoms with van der Waals surface area (Å²) in [5.41, 5.74) is 4.43. The van der Waals surface area contributed by atoms with E-state index in [4.69, 9.17) is 11.6 Å². The van der Waals surface area contributed by atoms with Gasteiger partial charge in [-0.2, -0.15) is 0 Å². The lowest BCUT2D eigenvalue weighted by Gasteiger charge is -2.32. The van der Waals surface area contributed by atoms with Crippen molar-refractivity contribution < 1.29 is 4.79 Å². The average Bonchev–Trinajstić information content (AvgIpc) is 2.65. The number of hydrogen-bond acceptors (Lipinski definition) is 2. The van der Waals surface area contributed by atoms with Gasteiger partial charge in [-0.15, -0.1) is 0 Å². The molecule has 5 heteroatoms. The maximum atomic E-state index is 12.2. The maximum Gasteiger partial charge on any atom is 0.319 e. The number of likely N-dealkylation sites (tertiary alicyclic amines) is 1. The predicted molar refractivity (Wildman–Crippen MR) is 112 cm³/mol. The number of benzene rings is 2. The number of piperidine rings is 1. The molecule has 1 heterocycles. The summed E-state index contributed by atoms with van der Waals surface area (Å²) in [5.74, 6) is 0.532. The van der Waals surface area contributed by atoms with E-state index in [0.717, 1.165) is 55.3 Å². The van der Waals surface area contributed by atoms with Crippen LogP contribution in [0.3, 0.4) is 0 Å². The Kier molecular flexibility index (Phi) is 6.75. The van der Waals surface area contributed by atoms with E-state index >= 15 is 0 Å². The summed E-state index contributed by atoms with van der Waals surface area (Å²) in [4.78, 5) is 14.7. The zero-order valence-electron chi connectivity index (χ0n) is 16.1. The first-order valence-electron chi connectivity index (χ1n) is 9.59. The smallest absolute Gasteiger partial charge is 0.319 e. The fourth-order valence-corrected chi connectivity index (χ4v) is 3.75. The third-order valence-electron chi connectivity index (χ3n) is 5.41. The fourth-order valence-electron chi connectivity index (χ4n) is 3.53. The predicted octanol–water partition coefficient (Wildman–Crippen LogP) is 4.99. The first kappa shape index (κ1) is 19.7. The summed E-state index contributed by atoms with van der Waals surface area (Å²) < 4.78 is 0. The second kappa shape index (κ2) is 9.25. The van der Waals surface area contributed by atoms with Crippen LogP contribution in [0.25, 0.3) is 0 Å². The van der Waals surface area contributed by atoms with Crippen LogP contribution in [-0.2, 0) is 6.54 Å². The third kappa shape index (κ3) is 5.72. The lowest BCUT2D eigenvalue weighted by Crippen LogP contribution is -2.39. The molecule has 0 radical (unpaired) electrons. The van der Waals surface area contributed by atoms with E-state index in [1.807, 2.05) is 37.3 Å². The van der Waals surface area contributed by atoms with Gasteiger partial charge in [-0.3, -0.25) is 4.90 Å². The second-order valence-electron chi connectivity index (χ2n) is 7.43. The van der Waals surface area contributed by atoms with Gasteiger partial charge in [0.1, 0.15) is 0 Å². The molecule has 2 aromatic rings. The van der Waals surface area contributed by atoms with Crippen LogP contribution < -0.4 is 10.6 Å². The van der Waals surface area contributed by atoms with Crippen molar-refractivity contribution in [3.63, 3.8) is 0 Å². The Morgan fingerprint density at radius 3 is 2.63 bits per heavy atom. The van der Waals surface area contributed by atoms with Crippen molar-refractivity contribution in [2.75, 3.05) is 25.0 Å². The number of hydrogen-bond donors (Lipinski definition) is 2. The van der Waals surface area contributed by atoms with E-state index in [9.17, 15) is 4.79 Å². The number of urea groups is 1. The molecule has 4 nitrogen and oxygen atoms in total. The van der Waals surface area contributed by atoms with Gasteiger partial charge in [0.15, 0.2) is 0 Å². The number of aryl methyl sites for hydroxylation is 1. The minimum atomic E-state index is -0.120. The number of nitrogens with one attached hydrogen (secondary N) is 2. The van der Waals surface area contributed by atoms with E-state index in [1.54, 1.807) is 0 Å². The average molecular weight is 386 g/mol. The van der Waals surface area contributed by atoms with E-state index in [0.29, 0.717) is 5.92 Å². The normalized spacial score (nSPS) is 15.5. The summed E-state index contributed by atoms with van der Waals surface area (Å²) in [7, 11) is 0. The van der Waals surface area contributed by atoms with Gasteiger partial charge in [0.2, 0.25) is 0 Å². The van der Waals surface area contributed by atoms with Crippen LogP contribution in [0.5, 0.6) is 0 Å². The van der Waals surface area contributed by atoms with Crippen molar-refractivity contribution >= 4 is 23.3 Å². The van der Waals surface area contributed by atoms with Crippen molar-refractivity contribution in [2.24, 2.45) is 5.92 Å². The monoisotopic (exact) mass is 385 g/mol. The Bertz CT molecular complexity index is 785. The summed E-state index contributed by atoms with van der Waals surface area (Å²) in [6.45, 7) is 7.85. The van der Waals surface area contributed by atoms with Crippen molar-refractivity contribution in [1.82, 2.24) is 10.2 Å². The number of amides is 2. The molecule has 0 bridgehead atoms. The molecule has 0 unspecified atom stereocenters. The van der Waals surface area contributed by atoms with E-state index < -0.39 is 0 Å². The minimum Gasteiger partial charge on any atom is -0.338 e. The van der Waals surface area contributed by atoms with Gasteiger partial charge < -0.3 is 10.6 Å². The Morgan fingerprint density at radius 2 is 1.89 bits per heavy atom. The van der Waals surface area contributed by atoms with Crippen molar-refractivity contribution in [3.8, 4) is 0 Å². The highest BCUT2D eigenvalue weighted by Crippen LogP contribution is 2.20. The summed E-state index contributed by atoms with van der Waals surface area (Å²) >= 11 is 6.07. The largest absolute Gasteiger partial charge is 0.338 e. The van der Waals surface area contributed by atoms with E-state index in [2.05, 4.69) is 34.6 Å². The van der Waals surface area contributed by atoms with Gasteiger partial charge in [-0.05, 0) is 80.6 Å².